The molecule has 4 rings (SSSR count). The Labute approximate surface area is 172 Å². The molecule has 1 amide bonds. The summed E-state index contributed by atoms with van der Waals surface area (Å²) in [6.07, 6.45) is 5.17. The van der Waals surface area contributed by atoms with Crippen molar-refractivity contribution in [3.05, 3.63) is 58.8 Å². The van der Waals surface area contributed by atoms with Gasteiger partial charge in [-0.15, -0.1) is 0 Å². The summed E-state index contributed by atoms with van der Waals surface area (Å²) in [5.74, 6) is 0.859. The molecule has 0 radical (unpaired) electrons. The summed E-state index contributed by atoms with van der Waals surface area (Å²) < 4.78 is 18.8. The van der Waals surface area contributed by atoms with E-state index in [1.165, 1.54) is 23.3 Å². The fourth-order valence-corrected chi connectivity index (χ4v) is 4.66. The number of benzene rings is 1. The van der Waals surface area contributed by atoms with Gasteiger partial charge in [0.2, 0.25) is 5.91 Å². The van der Waals surface area contributed by atoms with Crippen LogP contribution in [-0.4, -0.2) is 73.5 Å². The van der Waals surface area contributed by atoms with Crippen LogP contribution in [0.3, 0.4) is 0 Å². The molecule has 2 heterocycles. The lowest BCUT2D eigenvalue weighted by atomic mass is 9.83. The molecule has 1 aromatic rings. The maximum absolute atomic E-state index is 13.1. The van der Waals surface area contributed by atoms with Crippen LogP contribution >= 0.6 is 0 Å². The molecule has 1 unspecified atom stereocenters. The van der Waals surface area contributed by atoms with Crippen LogP contribution in [0.15, 0.2) is 47.4 Å². The van der Waals surface area contributed by atoms with Crippen LogP contribution < -0.4 is 0 Å². The average Bonchev–Trinajstić information content (AvgIpc) is 2.75. The predicted molar refractivity (Wildman–Crippen MR) is 111 cm³/mol. The van der Waals surface area contributed by atoms with Crippen LogP contribution in [0.2, 0.25) is 0 Å². The van der Waals surface area contributed by atoms with Gasteiger partial charge in [0.05, 0.1) is 19.3 Å². The van der Waals surface area contributed by atoms with E-state index in [1.807, 2.05) is 4.90 Å². The van der Waals surface area contributed by atoms with E-state index in [9.17, 15) is 9.18 Å². The van der Waals surface area contributed by atoms with Crippen LogP contribution in [0.5, 0.6) is 0 Å². The van der Waals surface area contributed by atoms with Crippen molar-refractivity contribution in [3.63, 3.8) is 0 Å². The van der Waals surface area contributed by atoms with Crippen LogP contribution in [0.4, 0.5) is 4.39 Å². The Kier molecular flexibility index (Phi) is 6.01. The molecular formula is C23H30FN3O2. The van der Waals surface area contributed by atoms with Gasteiger partial charge in [0.15, 0.2) is 0 Å². The number of likely N-dealkylation sites (N-methyl/N-ethyl adjacent to an activating group) is 1. The quantitative estimate of drug-likeness (QED) is 0.780. The summed E-state index contributed by atoms with van der Waals surface area (Å²) in [5, 5.41) is 0. The third-order valence-electron chi connectivity index (χ3n) is 6.40. The molecule has 0 bridgehead atoms. The molecule has 2 aliphatic heterocycles. The minimum Gasteiger partial charge on any atom is -0.501 e. The highest BCUT2D eigenvalue weighted by Gasteiger charge is 2.35. The van der Waals surface area contributed by atoms with Crippen LogP contribution in [0.1, 0.15) is 24.8 Å². The molecule has 3 aliphatic rings. The van der Waals surface area contributed by atoms with Gasteiger partial charge >= 0.3 is 0 Å². The molecular weight excluding hydrogens is 369 g/mol. The minimum atomic E-state index is -0.277. The fourth-order valence-electron chi connectivity index (χ4n) is 4.66. The number of halogens is 1. The highest BCUT2D eigenvalue weighted by Crippen LogP contribution is 2.38. The maximum Gasteiger partial charge on any atom is 0.230 e. The lowest BCUT2D eigenvalue weighted by molar-refractivity contribution is -0.128. The number of piperazine rings is 1. The van der Waals surface area contributed by atoms with E-state index in [4.69, 9.17) is 4.74 Å². The number of nitrogens with zero attached hydrogens (tertiary/aromatic N) is 3. The van der Waals surface area contributed by atoms with Gasteiger partial charge in [0.1, 0.15) is 5.82 Å². The summed E-state index contributed by atoms with van der Waals surface area (Å²) in [7, 11) is 3.92. The second-order valence-electron chi connectivity index (χ2n) is 8.22. The van der Waals surface area contributed by atoms with Gasteiger partial charge in [0, 0.05) is 51.4 Å². The number of rotatable bonds is 4. The standard InChI is InChI=1S/C23H30FN3O2/c1-25-11-13-26(14-12-25)21-7-8-22(29-2)19-9-10-27(16-20(19)21)23(28)15-17-3-5-18(24)6-4-17/h3-6,16,21H,7-15H2,1-2H3. The zero-order chi connectivity index (χ0) is 20.4. The van der Waals surface area contributed by atoms with Gasteiger partial charge in [-0.25, -0.2) is 4.39 Å². The summed E-state index contributed by atoms with van der Waals surface area (Å²) in [5.41, 5.74) is 3.37. The summed E-state index contributed by atoms with van der Waals surface area (Å²) >= 11 is 0. The lowest BCUT2D eigenvalue weighted by Gasteiger charge is -2.43. The first kappa shape index (κ1) is 20.1. The van der Waals surface area contributed by atoms with E-state index in [0.29, 0.717) is 19.0 Å². The summed E-state index contributed by atoms with van der Waals surface area (Å²) in [4.78, 5) is 19.7. The zero-order valence-electron chi connectivity index (χ0n) is 17.4. The van der Waals surface area contributed by atoms with Crippen LogP contribution in [-0.2, 0) is 16.0 Å². The van der Waals surface area contributed by atoms with Gasteiger partial charge < -0.3 is 14.5 Å². The molecule has 1 fully saturated rings. The molecule has 6 heteroatoms. The summed E-state index contributed by atoms with van der Waals surface area (Å²) in [6.45, 7) is 4.93. The van der Waals surface area contributed by atoms with Crippen molar-refractivity contribution < 1.29 is 13.9 Å². The average molecular weight is 400 g/mol. The van der Waals surface area contributed by atoms with Crippen molar-refractivity contribution in [2.24, 2.45) is 0 Å². The molecule has 0 spiro atoms. The van der Waals surface area contributed by atoms with E-state index < -0.39 is 0 Å². The van der Waals surface area contributed by atoms with Crippen molar-refractivity contribution in [1.82, 2.24) is 14.7 Å². The van der Waals surface area contributed by atoms with E-state index in [-0.39, 0.29) is 11.7 Å². The molecule has 5 nitrogen and oxygen atoms in total. The fraction of sp³-hybridized carbons (Fsp3) is 0.522. The Balaban J connectivity index is 1.55. The zero-order valence-corrected chi connectivity index (χ0v) is 17.4. The van der Waals surface area contributed by atoms with Crippen molar-refractivity contribution in [1.29, 1.82) is 0 Å². The number of ether oxygens (including phenoxy) is 1. The Hall–Kier alpha value is -2.18. The normalized spacial score (nSPS) is 23.6. The van der Waals surface area contributed by atoms with E-state index in [0.717, 1.165) is 56.8 Å². The Morgan fingerprint density at radius 3 is 2.52 bits per heavy atom. The molecule has 29 heavy (non-hydrogen) atoms. The molecule has 1 saturated heterocycles. The lowest BCUT2D eigenvalue weighted by Crippen LogP contribution is -2.51. The van der Waals surface area contributed by atoms with E-state index >= 15 is 0 Å². The maximum atomic E-state index is 13.1. The van der Waals surface area contributed by atoms with E-state index in [1.54, 1.807) is 19.2 Å². The Morgan fingerprint density at radius 1 is 1.10 bits per heavy atom. The van der Waals surface area contributed by atoms with Crippen LogP contribution in [0.25, 0.3) is 0 Å². The van der Waals surface area contributed by atoms with Gasteiger partial charge in [0.25, 0.3) is 0 Å². The predicted octanol–water partition coefficient (Wildman–Crippen LogP) is 2.79. The largest absolute Gasteiger partial charge is 0.501 e. The Morgan fingerprint density at radius 2 is 1.83 bits per heavy atom. The molecule has 0 N–H and O–H groups in total. The third-order valence-corrected chi connectivity index (χ3v) is 6.40. The molecule has 0 aromatic heterocycles. The molecule has 156 valence electrons. The van der Waals surface area contributed by atoms with Gasteiger partial charge in [-0.05, 0) is 48.7 Å². The number of carbonyl (C=O) groups excluding carboxylic acids is 1. The molecule has 1 aromatic carbocycles. The van der Waals surface area contributed by atoms with Gasteiger partial charge in [-0.3, -0.25) is 9.69 Å². The first-order valence-electron chi connectivity index (χ1n) is 10.5. The highest BCUT2D eigenvalue weighted by atomic mass is 19.1. The monoisotopic (exact) mass is 399 g/mol. The SMILES string of the molecule is COC1=C2CCN(C(=O)Cc3ccc(F)cc3)C=C2C(N2CCN(C)CC2)CC1. The minimum absolute atomic E-state index is 0.0600. The summed E-state index contributed by atoms with van der Waals surface area (Å²) in [6, 6.07) is 6.54. The number of amides is 1. The number of hydrogen-bond donors (Lipinski definition) is 0. The third kappa shape index (κ3) is 4.38. The second kappa shape index (κ2) is 8.67. The molecule has 1 aliphatic carbocycles. The van der Waals surface area contributed by atoms with Gasteiger partial charge in [-0.1, -0.05) is 12.1 Å². The first-order valence-corrected chi connectivity index (χ1v) is 10.5. The molecule has 1 atom stereocenters. The number of carbonyl (C=O) groups is 1. The van der Waals surface area contributed by atoms with Crippen LogP contribution in [0, 0.1) is 5.82 Å². The highest BCUT2D eigenvalue weighted by molar-refractivity contribution is 5.80. The van der Waals surface area contributed by atoms with Crippen molar-refractivity contribution >= 4 is 5.91 Å². The number of fused-ring (bicyclic) bond motifs is 1. The number of allylic oxidation sites excluding steroid dienone is 1. The number of methoxy groups -OCH3 is 1. The van der Waals surface area contributed by atoms with Crippen molar-refractivity contribution in [3.8, 4) is 0 Å². The second-order valence-corrected chi connectivity index (χ2v) is 8.22. The Bertz CT molecular complexity index is 810. The van der Waals surface area contributed by atoms with Gasteiger partial charge in [-0.2, -0.15) is 0 Å². The van der Waals surface area contributed by atoms with E-state index in [2.05, 4.69) is 23.0 Å². The smallest absolute Gasteiger partial charge is 0.230 e. The molecule has 0 saturated carbocycles. The van der Waals surface area contributed by atoms with Crippen molar-refractivity contribution in [2.75, 3.05) is 46.9 Å². The van der Waals surface area contributed by atoms with Crippen molar-refractivity contribution in [2.45, 2.75) is 31.7 Å². The topological polar surface area (TPSA) is 36.0 Å². The number of hydrogen-bond acceptors (Lipinski definition) is 4. The first-order chi connectivity index (χ1) is 14.0.